The van der Waals surface area contributed by atoms with Gasteiger partial charge in [0.2, 0.25) is 0 Å². The molecule has 2 N–H and O–H groups in total. The van der Waals surface area contributed by atoms with E-state index in [-0.39, 0.29) is 24.0 Å². The van der Waals surface area contributed by atoms with Gasteiger partial charge >= 0.3 is 0 Å². The Labute approximate surface area is 175 Å². The van der Waals surface area contributed by atoms with Crippen LogP contribution in [0.1, 0.15) is 45.1 Å². The van der Waals surface area contributed by atoms with Gasteiger partial charge in [0, 0.05) is 25.2 Å². The first-order valence-electron chi connectivity index (χ1n) is 8.85. The van der Waals surface area contributed by atoms with Crippen molar-refractivity contribution < 1.29 is 14.2 Å². The fourth-order valence-electron chi connectivity index (χ4n) is 2.62. The largest absolute Gasteiger partial charge is 0.496 e. The van der Waals surface area contributed by atoms with Crippen LogP contribution in [0.3, 0.4) is 0 Å². The van der Waals surface area contributed by atoms with Crippen LogP contribution in [-0.4, -0.2) is 40.4 Å². The molecule has 0 saturated heterocycles. The monoisotopic (exact) mass is 479 g/mol. The van der Waals surface area contributed by atoms with Crippen LogP contribution in [0.4, 0.5) is 0 Å². The third-order valence-electron chi connectivity index (χ3n) is 4.10. The lowest BCUT2D eigenvalue weighted by Crippen LogP contribution is -2.41. The maximum atomic E-state index is 5.48. The first-order valence-corrected chi connectivity index (χ1v) is 8.85. The maximum absolute atomic E-state index is 5.48. The average Bonchev–Trinajstić information content (AvgIpc) is 2.64. The van der Waals surface area contributed by atoms with Crippen LogP contribution >= 0.6 is 24.0 Å². The van der Waals surface area contributed by atoms with E-state index in [1.807, 2.05) is 12.1 Å². The van der Waals surface area contributed by atoms with Crippen LogP contribution in [-0.2, 0) is 6.54 Å². The lowest BCUT2D eigenvalue weighted by atomic mass is 10.1. The quantitative estimate of drug-likeness (QED) is 0.230. The maximum Gasteiger partial charge on any atom is 0.191 e. The summed E-state index contributed by atoms with van der Waals surface area (Å²) in [5.41, 5.74) is 0.924. The van der Waals surface area contributed by atoms with E-state index < -0.39 is 0 Å². The van der Waals surface area contributed by atoms with E-state index in [9.17, 15) is 0 Å². The van der Waals surface area contributed by atoms with Crippen molar-refractivity contribution in [2.75, 3.05) is 28.4 Å². The van der Waals surface area contributed by atoms with Gasteiger partial charge in [-0.15, -0.1) is 24.0 Å². The van der Waals surface area contributed by atoms with Gasteiger partial charge in [0.15, 0.2) is 5.96 Å². The van der Waals surface area contributed by atoms with Crippen molar-refractivity contribution in [2.45, 2.75) is 52.1 Å². The normalized spacial score (nSPS) is 12.0. The highest BCUT2D eigenvalue weighted by atomic mass is 127. The predicted octanol–water partition coefficient (Wildman–Crippen LogP) is 3.96. The number of nitrogens with one attached hydrogen (secondary N) is 2. The fraction of sp³-hybridized carbons (Fsp3) is 0.632. The molecule has 0 fully saturated rings. The minimum atomic E-state index is 0. The first-order chi connectivity index (χ1) is 12.1. The second kappa shape index (κ2) is 13.8. The van der Waals surface area contributed by atoms with E-state index in [0.29, 0.717) is 18.3 Å². The number of guanidine groups is 1. The highest BCUT2D eigenvalue weighted by molar-refractivity contribution is 14.0. The zero-order valence-corrected chi connectivity index (χ0v) is 19.2. The molecule has 0 bridgehead atoms. The van der Waals surface area contributed by atoms with Gasteiger partial charge in [0.05, 0.1) is 33.4 Å². The molecule has 7 heteroatoms. The molecule has 1 rings (SSSR count). The zero-order chi connectivity index (χ0) is 18.7. The summed E-state index contributed by atoms with van der Waals surface area (Å²) in [6.07, 6.45) is 4.85. The third-order valence-corrected chi connectivity index (χ3v) is 4.10. The van der Waals surface area contributed by atoms with Crippen molar-refractivity contribution in [3.63, 3.8) is 0 Å². The van der Waals surface area contributed by atoms with Gasteiger partial charge in [-0.25, -0.2) is 0 Å². The molecule has 0 aliphatic carbocycles. The molecule has 1 aromatic carbocycles. The molecular formula is C19H34IN3O3. The number of unbranched alkanes of at least 4 members (excludes halogenated alkanes) is 2. The van der Waals surface area contributed by atoms with Crippen molar-refractivity contribution in [3.8, 4) is 17.2 Å². The van der Waals surface area contributed by atoms with Gasteiger partial charge in [-0.1, -0.05) is 26.2 Å². The Bertz CT molecular complexity index is 528. The molecule has 0 saturated carbocycles. The number of aliphatic imine (C=N–C) groups is 1. The van der Waals surface area contributed by atoms with E-state index in [1.165, 1.54) is 19.3 Å². The van der Waals surface area contributed by atoms with Crippen molar-refractivity contribution in [3.05, 3.63) is 17.7 Å². The molecule has 0 aromatic heterocycles. The Morgan fingerprint density at radius 3 is 2.15 bits per heavy atom. The first kappa shape index (κ1) is 24.6. The van der Waals surface area contributed by atoms with Crippen LogP contribution in [0.25, 0.3) is 0 Å². The van der Waals surface area contributed by atoms with E-state index in [4.69, 9.17) is 14.2 Å². The molecule has 1 atom stereocenters. The van der Waals surface area contributed by atoms with Gasteiger partial charge in [0.25, 0.3) is 0 Å². The Hall–Kier alpha value is -1.38. The molecule has 1 unspecified atom stereocenters. The summed E-state index contributed by atoms with van der Waals surface area (Å²) in [5.74, 6) is 2.90. The average molecular weight is 479 g/mol. The van der Waals surface area contributed by atoms with E-state index in [1.54, 1.807) is 28.4 Å². The van der Waals surface area contributed by atoms with Crippen LogP contribution in [0, 0.1) is 0 Å². The van der Waals surface area contributed by atoms with Crippen LogP contribution in [0.2, 0.25) is 0 Å². The minimum Gasteiger partial charge on any atom is -0.496 e. The molecule has 26 heavy (non-hydrogen) atoms. The van der Waals surface area contributed by atoms with Gasteiger partial charge in [-0.2, -0.15) is 0 Å². The highest BCUT2D eigenvalue weighted by Gasteiger charge is 2.14. The van der Waals surface area contributed by atoms with Crippen molar-refractivity contribution in [1.29, 1.82) is 0 Å². The molecular weight excluding hydrogens is 445 g/mol. The van der Waals surface area contributed by atoms with Gasteiger partial charge in [-0.05, 0) is 13.3 Å². The Morgan fingerprint density at radius 2 is 1.69 bits per heavy atom. The fourth-order valence-corrected chi connectivity index (χ4v) is 2.62. The zero-order valence-electron chi connectivity index (χ0n) is 16.8. The van der Waals surface area contributed by atoms with Crippen molar-refractivity contribution in [1.82, 2.24) is 10.6 Å². The molecule has 150 valence electrons. The molecule has 1 aromatic rings. The number of rotatable bonds is 10. The van der Waals surface area contributed by atoms with Gasteiger partial charge in [0.1, 0.15) is 17.2 Å². The number of hydrogen-bond donors (Lipinski definition) is 2. The standard InChI is InChI=1S/C19H33N3O3.HI/c1-7-8-9-10-14(2)22-19(20-3)21-13-16-17(24-5)11-15(23-4)12-18(16)25-6;/h11-12,14H,7-10,13H2,1-6H3,(H2,20,21,22);1H. The summed E-state index contributed by atoms with van der Waals surface area (Å²) in [7, 11) is 6.68. The van der Waals surface area contributed by atoms with E-state index >= 15 is 0 Å². The van der Waals surface area contributed by atoms with E-state index in [0.717, 1.165) is 29.4 Å². The lowest BCUT2D eigenvalue weighted by Gasteiger charge is -2.20. The Morgan fingerprint density at radius 1 is 1.08 bits per heavy atom. The summed E-state index contributed by atoms with van der Waals surface area (Å²) in [5, 5.41) is 6.76. The number of ether oxygens (including phenoxy) is 3. The van der Waals surface area contributed by atoms with Crippen LogP contribution in [0.5, 0.6) is 17.2 Å². The highest BCUT2D eigenvalue weighted by Crippen LogP contribution is 2.33. The molecule has 0 amide bonds. The Balaban J connectivity index is 0.00000625. The molecule has 6 nitrogen and oxygen atoms in total. The minimum absolute atomic E-state index is 0. The number of methoxy groups -OCH3 is 3. The number of nitrogens with zero attached hydrogens (tertiary/aromatic N) is 1. The van der Waals surface area contributed by atoms with Crippen LogP contribution < -0.4 is 24.8 Å². The molecule has 0 spiro atoms. The second-order valence-electron chi connectivity index (χ2n) is 5.98. The number of benzene rings is 1. The summed E-state index contributed by atoms with van der Waals surface area (Å²) in [4.78, 5) is 4.30. The van der Waals surface area contributed by atoms with Crippen LogP contribution in [0.15, 0.2) is 17.1 Å². The topological polar surface area (TPSA) is 64.1 Å². The summed E-state index contributed by atoms with van der Waals surface area (Å²) < 4.78 is 16.2. The van der Waals surface area contributed by atoms with Gasteiger partial charge < -0.3 is 24.8 Å². The molecule has 0 heterocycles. The van der Waals surface area contributed by atoms with Gasteiger partial charge in [-0.3, -0.25) is 4.99 Å². The van der Waals surface area contributed by atoms with Crippen molar-refractivity contribution >= 4 is 29.9 Å². The Kier molecular flexibility index (Phi) is 13.0. The molecule has 0 aliphatic rings. The molecule has 0 radical (unpaired) electrons. The lowest BCUT2D eigenvalue weighted by molar-refractivity contribution is 0.368. The van der Waals surface area contributed by atoms with E-state index in [2.05, 4.69) is 29.5 Å². The smallest absolute Gasteiger partial charge is 0.191 e. The number of halogens is 1. The summed E-state index contributed by atoms with van der Waals surface area (Å²) >= 11 is 0. The third kappa shape index (κ3) is 7.88. The molecule has 0 aliphatic heterocycles. The summed E-state index contributed by atoms with van der Waals surface area (Å²) in [6.45, 7) is 4.93. The number of hydrogen-bond acceptors (Lipinski definition) is 4. The summed E-state index contributed by atoms with van der Waals surface area (Å²) in [6, 6.07) is 4.07. The predicted molar refractivity (Wildman–Crippen MR) is 118 cm³/mol. The SMILES string of the molecule is CCCCCC(C)NC(=NC)NCc1c(OC)cc(OC)cc1OC.I. The second-order valence-corrected chi connectivity index (χ2v) is 5.98. The van der Waals surface area contributed by atoms with Crippen molar-refractivity contribution in [2.24, 2.45) is 4.99 Å².